The molecule has 0 atom stereocenters. The van der Waals surface area contributed by atoms with Gasteiger partial charge < -0.3 is 5.32 Å². The molecule has 5 heteroatoms. The molecule has 1 N–H and O–H groups in total. The molecule has 32 heavy (non-hydrogen) atoms. The van der Waals surface area contributed by atoms with Gasteiger partial charge in [0.15, 0.2) is 0 Å². The van der Waals surface area contributed by atoms with Crippen molar-refractivity contribution in [1.82, 2.24) is 0 Å². The Kier molecular flexibility index (Phi) is 5.66. The van der Waals surface area contributed by atoms with Crippen molar-refractivity contribution in [3.8, 4) is 0 Å². The van der Waals surface area contributed by atoms with Gasteiger partial charge in [-0.1, -0.05) is 41.9 Å². The first-order chi connectivity index (χ1) is 15.2. The maximum atomic E-state index is 13.7. The molecule has 0 bridgehead atoms. The molecule has 0 saturated heterocycles. The minimum Gasteiger partial charge on any atom is -0.350 e. The molecule has 3 aromatic rings. The van der Waals surface area contributed by atoms with Crippen LogP contribution in [-0.4, -0.2) is 11.8 Å². The van der Waals surface area contributed by atoms with E-state index in [9.17, 15) is 9.59 Å². The molecule has 162 valence electrons. The Morgan fingerprint density at radius 2 is 1.47 bits per heavy atom. The Hall–Kier alpha value is -3.37. The van der Waals surface area contributed by atoms with Crippen LogP contribution in [-0.2, 0) is 9.59 Å². The molecule has 3 aromatic carbocycles. The average Bonchev–Trinajstić information content (AvgIpc) is 2.96. The van der Waals surface area contributed by atoms with Gasteiger partial charge in [0.25, 0.3) is 11.8 Å². The predicted octanol–water partition coefficient (Wildman–Crippen LogP) is 6.28. The highest BCUT2D eigenvalue weighted by atomic mass is 35.5. The van der Waals surface area contributed by atoms with Gasteiger partial charge in [-0.3, -0.25) is 9.59 Å². The van der Waals surface area contributed by atoms with Gasteiger partial charge in [-0.15, -0.1) is 0 Å². The van der Waals surface area contributed by atoms with Crippen molar-refractivity contribution >= 4 is 40.4 Å². The Morgan fingerprint density at radius 1 is 0.781 bits per heavy atom. The highest BCUT2D eigenvalue weighted by Crippen LogP contribution is 2.36. The van der Waals surface area contributed by atoms with Gasteiger partial charge in [0, 0.05) is 10.7 Å². The molecule has 0 aromatic heterocycles. The number of nitrogens with one attached hydrogen (secondary N) is 1. The van der Waals surface area contributed by atoms with Crippen LogP contribution < -0.4 is 10.2 Å². The number of imide groups is 1. The van der Waals surface area contributed by atoms with E-state index in [4.69, 9.17) is 11.6 Å². The van der Waals surface area contributed by atoms with Crippen molar-refractivity contribution in [2.75, 3.05) is 10.2 Å². The average molecular weight is 445 g/mol. The molecule has 1 heterocycles. The van der Waals surface area contributed by atoms with E-state index in [1.54, 1.807) is 6.07 Å². The van der Waals surface area contributed by atoms with Crippen molar-refractivity contribution in [1.29, 1.82) is 0 Å². The summed E-state index contributed by atoms with van der Waals surface area (Å²) in [7, 11) is 0. The van der Waals surface area contributed by atoms with Crippen LogP contribution in [0.1, 0.15) is 33.4 Å². The zero-order valence-electron chi connectivity index (χ0n) is 18.8. The van der Waals surface area contributed by atoms with Crippen molar-refractivity contribution in [2.24, 2.45) is 0 Å². The van der Waals surface area contributed by atoms with Crippen LogP contribution in [0.15, 0.2) is 60.3 Å². The quantitative estimate of drug-likeness (QED) is 0.482. The molecule has 0 aliphatic carbocycles. The Balaban J connectivity index is 1.89. The molecule has 1 aliphatic rings. The smallest absolute Gasteiger partial charge is 0.282 e. The molecular weight excluding hydrogens is 420 g/mol. The second-order valence-corrected chi connectivity index (χ2v) is 8.79. The fraction of sp³-hybridized carbons (Fsp3) is 0.185. The highest BCUT2D eigenvalue weighted by Gasteiger charge is 2.40. The molecule has 4 nitrogen and oxygen atoms in total. The second kappa shape index (κ2) is 8.29. The third-order valence-electron chi connectivity index (χ3n) is 5.87. The molecule has 0 saturated carbocycles. The van der Waals surface area contributed by atoms with Crippen molar-refractivity contribution < 1.29 is 9.59 Å². The lowest BCUT2D eigenvalue weighted by molar-refractivity contribution is -0.120. The normalized spacial score (nSPS) is 13.9. The van der Waals surface area contributed by atoms with Gasteiger partial charge in [0.05, 0.1) is 11.3 Å². The van der Waals surface area contributed by atoms with E-state index in [1.807, 2.05) is 83.1 Å². The lowest BCUT2D eigenvalue weighted by atomic mass is 9.99. The summed E-state index contributed by atoms with van der Waals surface area (Å²) < 4.78 is 0. The molecule has 0 unspecified atom stereocenters. The third kappa shape index (κ3) is 3.82. The van der Waals surface area contributed by atoms with Crippen LogP contribution in [0.25, 0.3) is 5.57 Å². The maximum absolute atomic E-state index is 13.7. The number of anilines is 2. The summed E-state index contributed by atoms with van der Waals surface area (Å²) in [6.45, 7) is 9.80. The zero-order valence-corrected chi connectivity index (χ0v) is 19.6. The summed E-state index contributed by atoms with van der Waals surface area (Å²) in [5.41, 5.74) is 7.54. The molecule has 0 fully saturated rings. The first-order valence-corrected chi connectivity index (χ1v) is 10.9. The van der Waals surface area contributed by atoms with Gasteiger partial charge in [-0.25, -0.2) is 4.90 Å². The number of halogens is 1. The van der Waals surface area contributed by atoms with Gasteiger partial charge in [0.1, 0.15) is 5.70 Å². The summed E-state index contributed by atoms with van der Waals surface area (Å²) in [5.74, 6) is -0.724. The van der Waals surface area contributed by atoms with Crippen LogP contribution in [0.4, 0.5) is 11.4 Å². The van der Waals surface area contributed by atoms with E-state index in [0.717, 1.165) is 27.8 Å². The second-order valence-electron chi connectivity index (χ2n) is 8.38. The van der Waals surface area contributed by atoms with Crippen LogP contribution in [0.3, 0.4) is 0 Å². The minimum absolute atomic E-state index is 0.253. The molecule has 0 radical (unpaired) electrons. The molecule has 2 amide bonds. The molecule has 0 spiro atoms. The van der Waals surface area contributed by atoms with Gasteiger partial charge in [0.2, 0.25) is 0 Å². The SMILES string of the molecule is Cc1cc(C)cc(N2C(=O)C(Nc3cccc(Cl)c3C)=C(c3ccc(C)c(C)c3)C2=O)c1. The minimum atomic E-state index is -0.382. The first-order valence-electron chi connectivity index (χ1n) is 10.5. The number of hydrogen-bond donors (Lipinski definition) is 1. The van der Waals surface area contributed by atoms with E-state index in [1.165, 1.54) is 4.90 Å². The summed E-state index contributed by atoms with van der Waals surface area (Å²) >= 11 is 6.30. The third-order valence-corrected chi connectivity index (χ3v) is 6.28. The monoisotopic (exact) mass is 444 g/mol. The number of carbonyl (C=O) groups is 2. The summed E-state index contributed by atoms with van der Waals surface area (Å²) in [6, 6.07) is 17.0. The zero-order chi connectivity index (χ0) is 23.2. The number of benzene rings is 3. The standard InChI is InChI=1S/C27H25ClN2O2/c1-15-11-16(2)13-21(12-15)30-26(31)24(20-10-9-17(3)18(4)14-20)25(27(30)32)29-23-8-6-7-22(28)19(23)5/h6-14,29H,1-5H3. The fourth-order valence-electron chi connectivity index (χ4n) is 4.00. The lowest BCUT2D eigenvalue weighted by Gasteiger charge is -2.17. The molecule has 1 aliphatic heterocycles. The first kappa shape index (κ1) is 21.8. The summed E-state index contributed by atoms with van der Waals surface area (Å²) in [6.07, 6.45) is 0. The number of amides is 2. The number of rotatable bonds is 4. The van der Waals surface area contributed by atoms with Crippen LogP contribution in [0.5, 0.6) is 0 Å². The summed E-state index contributed by atoms with van der Waals surface area (Å²) in [5, 5.41) is 3.81. The van der Waals surface area contributed by atoms with E-state index in [2.05, 4.69) is 5.32 Å². The van der Waals surface area contributed by atoms with Crippen molar-refractivity contribution in [3.05, 3.63) is 98.7 Å². The Morgan fingerprint density at radius 3 is 2.12 bits per heavy atom. The number of aryl methyl sites for hydroxylation is 4. The topological polar surface area (TPSA) is 49.4 Å². The Labute approximate surface area is 193 Å². The van der Waals surface area contributed by atoms with Crippen LogP contribution in [0, 0.1) is 34.6 Å². The lowest BCUT2D eigenvalue weighted by Crippen LogP contribution is -2.32. The Bertz CT molecular complexity index is 1290. The van der Waals surface area contributed by atoms with Gasteiger partial charge >= 0.3 is 0 Å². The van der Waals surface area contributed by atoms with Crippen molar-refractivity contribution in [3.63, 3.8) is 0 Å². The van der Waals surface area contributed by atoms with Crippen molar-refractivity contribution in [2.45, 2.75) is 34.6 Å². The van der Waals surface area contributed by atoms with E-state index in [-0.39, 0.29) is 17.5 Å². The molecular formula is C27H25ClN2O2. The highest BCUT2D eigenvalue weighted by molar-refractivity contribution is 6.46. The maximum Gasteiger partial charge on any atom is 0.282 e. The number of hydrogen-bond acceptors (Lipinski definition) is 3. The summed E-state index contributed by atoms with van der Waals surface area (Å²) in [4.78, 5) is 28.6. The predicted molar refractivity (Wildman–Crippen MR) is 131 cm³/mol. The number of carbonyl (C=O) groups excluding carboxylic acids is 2. The van der Waals surface area contributed by atoms with E-state index >= 15 is 0 Å². The molecule has 4 rings (SSSR count). The van der Waals surface area contributed by atoms with E-state index in [0.29, 0.717) is 27.5 Å². The van der Waals surface area contributed by atoms with Crippen LogP contribution >= 0.6 is 11.6 Å². The number of nitrogens with zero attached hydrogens (tertiary/aromatic N) is 1. The van der Waals surface area contributed by atoms with Gasteiger partial charge in [-0.05, 0) is 92.3 Å². The van der Waals surface area contributed by atoms with Gasteiger partial charge in [-0.2, -0.15) is 0 Å². The largest absolute Gasteiger partial charge is 0.350 e. The van der Waals surface area contributed by atoms with E-state index < -0.39 is 0 Å². The van der Waals surface area contributed by atoms with Crippen LogP contribution in [0.2, 0.25) is 5.02 Å². The fourth-order valence-corrected chi connectivity index (χ4v) is 4.18.